The molecule has 0 aliphatic rings. The second kappa shape index (κ2) is 6.29. The Hall–Kier alpha value is -2.73. The number of aromatic nitrogens is 3. The van der Waals surface area contributed by atoms with Gasteiger partial charge in [0.25, 0.3) is 0 Å². The molecule has 4 nitrogen and oxygen atoms in total. The van der Waals surface area contributed by atoms with Gasteiger partial charge in [0.2, 0.25) is 0 Å². The predicted octanol–water partition coefficient (Wildman–Crippen LogP) is 5.08. The Morgan fingerprint density at radius 2 is 2.04 bits per heavy atom. The Bertz CT molecular complexity index is 1030. The van der Waals surface area contributed by atoms with Crippen molar-refractivity contribution >= 4 is 22.1 Å². The van der Waals surface area contributed by atoms with E-state index in [0.29, 0.717) is 6.04 Å². The molecule has 3 heterocycles. The number of hydrogen-bond acceptors (Lipinski definition) is 4. The second-order valence-corrected chi connectivity index (χ2v) is 7.17. The van der Waals surface area contributed by atoms with Crippen molar-refractivity contribution < 1.29 is 4.39 Å². The molecule has 0 aliphatic heterocycles. The van der Waals surface area contributed by atoms with E-state index >= 15 is 0 Å². The van der Waals surface area contributed by atoms with Gasteiger partial charge in [-0.25, -0.2) is 14.4 Å². The van der Waals surface area contributed by atoms with Gasteiger partial charge < -0.3 is 9.72 Å². The lowest BCUT2D eigenvalue weighted by Gasteiger charge is -2.08. The second-order valence-electron chi connectivity index (χ2n) is 6.14. The maximum absolute atomic E-state index is 13.7. The van der Waals surface area contributed by atoms with Crippen molar-refractivity contribution in [2.24, 2.45) is 0 Å². The van der Waals surface area contributed by atoms with Crippen LogP contribution in [0.3, 0.4) is 0 Å². The topological polar surface area (TPSA) is 42.2 Å². The van der Waals surface area contributed by atoms with Crippen LogP contribution in [0, 0.1) is 5.82 Å². The van der Waals surface area contributed by atoms with Gasteiger partial charge >= 0.3 is 0 Å². The molecule has 0 spiro atoms. The van der Waals surface area contributed by atoms with Crippen LogP contribution in [0.25, 0.3) is 27.2 Å². The number of hydrogen-bond donors (Lipinski definition) is 1. The van der Waals surface area contributed by atoms with E-state index < -0.39 is 0 Å². The number of nitrogens with one attached hydrogen (secondary N) is 1. The van der Waals surface area contributed by atoms with Crippen molar-refractivity contribution in [2.45, 2.75) is 19.9 Å². The molecule has 0 radical (unpaired) electrons. The zero-order valence-electron chi connectivity index (χ0n) is 13.9. The Morgan fingerprint density at radius 3 is 2.84 bits per heavy atom. The molecule has 4 rings (SSSR count). The smallest absolute Gasteiger partial charge is 0.183 e. The predicted molar refractivity (Wildman–Crippen MR) is 100 cm³/mol. The molecule has 0 fully saturated rings. The third-order valence-corrected chi connectivity index (χ3v) is 4.80. The largest absolute Gasteiger partial charge is 0.359 e. The van der Waals surface area contributed by atoms with Gasteiger partial charge in [-0.2, -0.15) is 0 Å². The Labute approximate surface area is 149 Å². The molecular formula is C19H17FN4S. The molecule has 1 N–H and O–H groups in total. The van der Waals surface area contributed by atoms with Crippen LogP contribution in [-0.4, -0.2) is 20.4 Å². The quantitative estimate of drug-likeness (QED) is 0.557. The summed E-state index contributed by atoms with van der Waals surface area (Å²) in [6.07, 6.45) is 7.54. The van der Waals surface area contributed by atoms with Crippen LogP contribution in [0.1, 0.15) is 13.8 Å². The zero-order valence-corrected chi connectivity index (χ0v) is 14.7. The SMILES string of the molecule is CC(C)Nc1ncc(-c2cc(-c3cccc(F)c3)c3nccn3c2)s1. The number of halogens is 1. The first kappa shape index (κ1) is 15.8. The van der Waals surface area contributed by atoms with E-state index in [-0.39, 0.29) is 5.82 Å². The summed E-state index contributed by atoms with van der Waals surface area (Å²) in [5.74, 6) is -0.256. The lowest BCUT2D eigenvalue weighted by molar-refractivity contribution is 0.628. The van der Waals surface area contributed by atoms with Crippen molar-refractivity contribution in [1.29, 1.82) is 0 Å². The van der Waals surface area contributed by atoms with Gasteiger partial charge in [0.1, 0.15) is 11.5 Å². The van der Waals surface area contributed by atoms with E-state index in [4.69, 9.17) is 0 Å². The number of thiazole rings is 1. The summed E-state index contributed by atoms with van der Waals surface area (Å²) in [7, 11) is 0. The van der Waals surface area contributed by atoms with Crippen LogP contribution in [0.5, 0.6) is 0 Å². The number of benzene rings is 1. The molecule has 126 valence electrons. The molecule has 0 bridgehead atoms. The monoisotopic (exact) mass is 352 g/mol. The van der Waals surface area contributed by atoms with E-state index in [1.807, 2.05) is 35.1 Å². The third-order valence-electron chi connectivity index (χ3n) is 3.83. The van der Waals surface area contributed by atoms with Crippen LogP contribution in [0.2, 0.25) is 0 Å². The molecule has 0 atom stereocenters. The van der Waals surface area contributed by atoms with E-state index in [1.54, 1.807) is 23.6 Å². The van der Waals surface area contributed by atoms with Crippen LogP contribution < -0.4 is 5.32 Å². The summed E-state index contributed by atoms with van der Waals surface area (Å²) >= 11 is 1.60. The summed E-state index contributed by atoms with van der Waals surface area (Å²) in [5, 5.41) is 4.21. The number of pyridine rings is 1. The normalized spacial score (nSPS) is 11.4. The van der Waals surface area contributed by atoms with E-state index in [0.717, 1.165) is 32.3 Å². The van der Waals surface area contributed by atoms with Crippen molar-refractivity contribution in [2.75, 3.05) is 5.32 Å². The van der Waals surface area contributed by atoms with Gasteiger partial charge in [-0.15, -0.1) is 0 Å². The number of fused-ring (bicyclic) bond motifs is 1. The zero-order chi connectivity index (χ0) is 17.4. The fraction of sp³-hybridized carbons (Fsp3) is 0.158. The Kier molecular flexibility index (Phi) is 3.97. The molecule has 4 aromatic rings. The fourth-order valence-corrected chi connectivity index (χ4v) is 3.70. The van der Waals surface area contributed by atoms with Crippen LogP contribution in [0.4, 0.5) is 9.52 Å². The Morgan fingerprint density at radius 1 is 1.16 bits per heavy atom. The maximum Gasteiger partial charge on any atom is 0.183 e. The van der Waals surface area contributed by atoms with Crippen molar-refractivity contribution in [3.05, 3.63) is 60.9 Å². The van der Waals surface area contributed by atoms with Crippen molar-refractivity contribution in [3.8, 4) is 21.6 Å². The van der Waals surface area contributed by atoms with Crippen molar-refractivity contribution in [1.82, 2.24) is 14.4 Å². The van der Waals surface area contributed by atoms with Gasteiger partial charge in [0.05, 0.1) is 4.88 Å². The summed E-state index contributed by atoms with van der Waals surface area (Å²) in [5.41, 5.74) is 3.54. The van der Waals surface area contributed by atoms with Crippen LogP contribution in [0.15, 0.2) is 55.1 Å². The van der Waals surface area contributed by atoms with Crippen molar-refractivity contribution in [3.63, 3.8) is 0 Å². The molecule has 0 saturated heterocycles. The number of imidazole rings is 1. The van der Waals surface area contributed by atoms with Gasteiger partial charge in [-0.05, 0) is 37.6 Å². The van der Waals surface area contributed by atoms with Crippen LogP contribution >= 0.6 is 11.3 Å². The molecule has 25 heavy (non-hydrogen) atoms. The first-order valence-electron chi connectivity index (χ1n) is 8.05. The van der Waals surface area contributed by atoms with Gasteiger partial charge in [0, 0.05) is 42.0 Å². The summed E-state index contributed by atoms with van der Waals surface area (Å²) in [4.78, 5) is 9.91. The summed E-state index contributed by atoms with van der Waals surface area (Å²) in [6.45, 7) is 4.17. The number of nitrogens with zero attached hydrogens (tertiary/aromatic N) is 3. The molecule has 0 amide bonds. The lowest BCUT2D eigenvalue weighted by atomic mass is 10.0. The molecule has 0 unspecified atom stereocenters. The van der Waals surface area contributed by atoms with Crippen LogP contribution in [-0.2, 0) is 0 Å². The number of rotatable bonds is 4. The molecular weight excluding hydrogens is 335 g/mol. The first-order valence-corrected chi connectivity index (χ1v) is 8.87. The van der Waals surface area contributed by atoms with Gasteiger partial charge in [-0.3, -0.25) is 0 Å². The van der Waals surface area contributed by atoms with E-state index in [9.17, 15) is 4.39 Å². The number of anilines is 1. The minimum absolute atomic E-state index is 0.256. The maximum atomic E-state index is 13.7. The van der Waals surface area contributed by atoms with E-state index in [2.05, 4.69) is 29.1 Å². The highest BCUT2D eigenvalue weighted by atomic mass is 32.1. The highest BCUT2D eigenvalue weighted by molar-refractivity contribution is 7.18. The average Bonchev–Trinajstić information content (AvgIpc) is 3.22. The minimum atomic E-state index is -0.256. The molecule has 1 aromatic carbocycles. The highest BCUT2D eigenvalue weighted by Gasteiger charge is 2.12. The summed E-state index contributed by atoms with van der Waals surface area (Å²) in [6, 6.07) is 8.97. The standard InChI is InChI=1S/C19H17FN4S/c1-12(2)23-19-22-10-17(25-19)14-9-16(13-4-3-5-15(20)8-13)18-21-6-7-24(18)11-14/h3-12H,1-2H3,(H,22,23). The minimum Gasteiger partial charge on any atom is -0.359 e. The summed E-state index contributed by atoms with van der Waals surface area (Å²) < 4.78 is 15.6. The van der Waals surface area contributed by atoms with E-state index in [1.165, 1.54) is 12.1 Å². The highest BCUT2D eigenvalue weighted by Crippen LogP contribution is 2.34. The molecule has 0 aliphatic carbocycles. The average molecular weight is 352 g/mol. The molecule has 3 aromatic heterocycles. The molecule has 0 saturated carbocycles. The molecule has 6 heteroatoms. The van der Waals surface area contributed by atoms with Gasteiger partial charge in [-0.1, -0.05) is 23.5 Å². The first-order chi connectivity index (χ1) is 12.1. The third kappa shape index (κ3) is 3.13. The fourth-order valence-electron chi connectivity index (χ4n) is 2.76. The Balaban J connectivity index is 1.84. The lowest BCUT2D eigenvalue weighted by Crippen LogP contribution is -2.08. The van der Waals surface area contributed by atoms with Gasteiger partial charge in [0.15, 0.2) is 5.13 Å².